The highest BCUT2D eigenvalue weighted by Gasteiger charge is 2.22. The van der Waals surface area contributed by atoms with Gasteiger partial charge >= 0.3 is 6.03 Å². The minimum atomic E-state index is -0.259. The number of piperidine rings is 1. The normalized spacial score (nSPS) is 16.2. The maximum Gasteiger partial charge on any atom is 0.321 e. The van der Waals surface area contributed by atoms with E-state index in [1.807, 2.05) is 4.90 Å². The van der Waals surface area contributed by atoms with Gasteiger partial charge in [-0.2, -0.15) is 0 Å². The average Bonchev–Trinajstić information content (AvgIpc) is 2.44. The van der Waals surface area contributed by atoms with E-state index in [-0.39, 0.29) is 11.8 Å². The zero-order valence-electron chi connectivity index (χ0n) is 11.9. The first-order chi connectivity index (χ1) is 9.60. The molecular formula is C15H22FN3O. The summed E-state index contributed by atoms with van der Waals surface area (Å²) in [5, 5.41) is 2.82. The molecule has 2 amide bonds. The smallest absolute Gasteiger partial charge is 0.321 e. The number of likely N-dealkylation sites (tertiary alicyclic amines) is 1. The molecule has 0 atom stereocenters. The van der Waals surface area contributed by atoms with Crippen LogP contribution in [0.2, 0.25) is 0 Å². The number of halogens is 1. The van der Waals surface area contributed by atoms with Crippen molar-refractivity contribution in [1.29, 1.82) is 0 Å². The second-order valence-corrected chi connectivity index (χ2v) is 5.40. The average molecular weight is 279 g/mol. The van der Waals surface area contributed by atoms with Crippen LogP contribution in [0.3, 0.4) is 0 Å². The van der Waals surface area contributed by atoms with Crippen molar-refractivity contribution < 1.29 is 9.18 Å². The molecule has 0 aromatic heterocycles. The highest BCUT2D eigenvalue weighted by atomic mass is 19.1. The van der Waals surface area contributed by atoms with E-state index in [9.17, 15) is 9.18 Å². The molecule has 1 heterocycles. The fourth-order valence-electron chi connectivity index (χ4n) is 2.59. The van der Waals surface area contributed by atoms with E-state index in [2.05, 4.69) is 5.32 Å². The fraction of sp³-hybridized carbons (Fsp3) is 0.533. The number of rotatable bonds is 3. The molecule has 2 rings (SSSR count). The quantitative estimate of drug-likeness (QED) is 0.893. The Hall–Kier alpha value is -1.62. The third kappa shape index (κ3) is 3.70. The lowest BCUT2D eigenvalue weighted by molar-refractivity contribution is 0.180. The van der Waals surface area contributed by atoms with Gasteiger partial charge < -0.3 is 16.0 Å². The number of anilines is 1. The van der Waals surface area contributed by atoms with Crippen LogP contribution in [0.5, 0.6) is 0 Å². The van der Waals surface area contributed by atoms with Gasteiger partial charge in [-0.05, 0) is 62.4 Å². The number of benzene rings is 1. The van der Waals surface area contributed by atoms with Crippen LogP contribution in [0.15, 0.2) is 18.2 Å². The zero-order valence-corrected chi connectivity index (χ0v) is 11.9. The van der Waals surface area contributed by atoms with E-state index in [1.165, 1.54) is 6.07 Å². The minimum absolute atomic E-state index is 0.109. The van der Waals surface area contributed by atoms with Gasteiger partial charge in [0.25, 0.3) is 0 Å². The lowest BCUT2D eigenvalue weighted by atomic mass is 9.94. The lowest BCUT2D eigenvalue weighted by Crippen LogP contribution is -2.41. The van der Waals surface area contributed by atoms with Crippen LogP contribution in [0.25, 0.3) is 0 Å². The van der Waals surface area contributed by atoms with Crippen LogP contribution >= 0.6 is 0 Å². The summed E-state index contributed by atoms with van der Waals surface area (Å²) in [5.41, 5.74) is 6.73. The maximum absolute atomic E-state index is 13.2. The Kier molecular flexibility index (Phi) is 4.95. The number of hydrogen-bond acceptors (Lipinski definition) is 2. The van der Waals surface area contributed by atoms with Crippen molar-refractivity contribution >= 4 is 11.7 Å². The van der Waals surface area contributed by atoms with Crippen LogP contribution in [-0.2, 0) is 0 Å². The van der Waals surface area contributed by atoms with Crippen molar-refractivity contribution in [3.63, 3.8) is 0 Å². The van der Waals surface area contributed by atoms with E-state index in [4.69, 9.17) is 5.73 Å². The number of hydrogen-bond donors (Lipinski definition) is 2. The SMILES string of the molecule is Cc1cc(NC(=O)N2CCC(CCN)CC2)ccc1F. The van der Waals surface area contributed by atoms with E-state index in [0.717, 1.165) is 32.4 Å². The van der Waals surface area contributed by atoms with Gasteiger partial charge in [0.05, 0.1) is 0 Å². The molecule has 1 aromatic rings. The van der Waals surface area contributed by atoms with Crippen molar-refractivity contribution in [2.45, 2.75) is 26.2 Å². The van der Waals surface area contributed by atoms with Gasteiger partial charge in [-0.1, -0.05) is 0 Å². The molecule has 0 bridgehead atoms. The van der Waals surface area contributed by atoms with Gasteiger partial charge in [0.1, 0.15) is 5.82 Å². The summed E-state index contributed by atoms with van der Waals surface area (Å²) in [5.74, 6) is 0.378. The number of aryl methyl sites for hydroxylation is 1. The van der Waals surface area contributed by atoms with E-state index in [0.29, 0.717) is 23.7 Å². The minimum Gasteiger partial charge on any atom is -0.330 e. The van der Waals surface area contributed by atoms with Gasteiger partial charge in [-0.3, -0.25) is 0 Å². The summed E-state index contributed by atoms with van der Waals surface area (Å²) >= 11 is 0. The van der Waals surface area contributed by atoms with E-state index in [1.54, 1.807) is 19.1 Å². The first-order valence-corrected chi connectivity index (χ1v) is 7.12. The molecule has 1 aromatic carbocycles. The number of amides is 2. The molecule has 1 aliphatic rings. The van der Waals surface area contributed by atoms with Crippen molar-refractivity contribution in [2.75, 3.05) is 25.0 Å². The van der Waals surface area contributed by atoms with Gasteiger partial charge in [-0.25, -0.2) is 9.18 Å². The number of nitrogens with one attached hydrogen (secondary N) is 1. The first-order valence-electron chi connectivity index (χ1n) is 7.12. The molecule has 1 fully saturated rings. The second kappa shape index (κ2) is 6.70. The van der Waals surface area contributed by atoms with Crippen molar-refractivity contribution in [2.24, 2.45) is 11.7 Å². The van der Waals surface area contributed by atoms with Crippen LogP contribution < -0.4 is 11.1 Å². The molecule has 5 heteroatoms. The topological polar surface area (TPSA) is 58.4 Å². The number of nitrogens with two attached hydrogens (primary N) is 1. The van der Waals surface area contributed by atoms with Crippen LogP contribution in [0.1, 0.15) is 24.8 Å². The molecule has 20 heavy (non-hydrogen) atoms. The largest absolute Gasteiger partial charge is 0.330 e. The van der Waals surface area contributed by atoms with E-state index >= 15 is 0 Å². The summed E-state index contributed by atoms with van der Waals surface area (Å²) in [6.45, 7) is 3.92. The molecule has 0 radical (unpaired) electrons. The van der Waals surface area contributed by atoms with E-state index < -0.39 is 0 Å². The van der Waals surface area contributed by atoms with Gasteiger partial charge in [0.2, 0.25) is 0 Å². The summed E-state index contributed by atoms with van der Waals surface area (Å²) < 4.78 is 13.2. The van der Waals surface area contributed by atoms with Crippen molar-refractivity contribution in [3.05, 3.63) is 29.6 Å². The Labute approximate surface area is 119 Å². The fourth-order valence-corrected chi connectivity index (χ4v) is 2.59. The summed E-state index contributed by atoms with van der Waals surface area (Å²) in [6.07, 6.45) is 3.05. The summed E-state index contributed by atoms with van der Waals surface area (Å²) in [4.78, 5) is 13.9. The zero-order chi connectivity index (χ0) is 14.5. The van der Waals surface area contributed by atoms with Gasteiger partial charge in [-0.15, -0.1) is 0 Å². The first kappa shape index (κ1) is 14.8. The number of urea groups is 1. The standard InChI is InChI=1S/C15H22FN3O/c1-11-10-13(2-3-14(11)16)18-15(20)19-8-5-12(4-7-17)6-9-19/h2-3,10,12H,4-9,17H2,1H3,(H,18,20). The highest BCUT2D eigenvalue weighted by Crippen LogP contribution is 2.21. The second-order valence-electron chi connectivity index (χ2n) is 5.40. The molecular weight excluding hydrogens is 257 g/mol. The molecule has 3 N–H and O–H groups in total. The van der Waals surface area contributed by atoms with Crippen molar-refractivity contribution in [3.8, 4) is 0 Å². The molecule has 1 aliphatic heterocycles. The van der Waals surface area contributed by atoms with Gasteiger partial charge in [0, 0.05) is 18.8 Å². The van der Waals surface area contributed by atoms with Crippen LogP contribution in [0, 0.1) is 18.7 Å². The third-order valence-electron chi connectivity index (χ3n) is 3.89. The Bertz CT molecular complexity index is 470. The number of carbonyl (C=O) groups is 1. The molecule has 4 nitrogen and oxygen atoms in total. The maximum atomic E-state index is 13.2. The molecule has 110 valence electrons. The number of carbonyl (C=O) groups excluding carboxylic acids is 1. The Morgan fingerprint density at radius 2 is 2.15 bits per heavy atom. The summed E-state index contributed by atoms with van der Waals surface area (Å²) in [6, 6.07) is 4.50. The van der Waals surface area contributed by atoms with Crippen LogP contribution in [0.4, 0.5) is 14.9 Å². The van der Waals surface area contributed by atoms with Crippen molar-refractivity contribution in [1.82, 2.24) is 4.90 Å². The third-order valence-corrected chi connectivity index (χ3v) is 3.89. The molecule has 0 spiro atoms. The summed E-state index contributed by atoms with van der Waals surface area (Å²) in [7, 11) is 0. The van der Waals surface area contributed by atoms with Gasteiger partial charge in [0.15, 0.2) is 0 Å². The predicted molar refractivity (Wildman–Crippen MR) is 78.1 cm³/mol. The Morgan fingerprint density at radius 1 is 1.45 bits per heavy atom. The Balaban J connectivity index is 1.88. The number of nitrogens with zero attached hydrogens (tertiary/aromatic N) is 1. The monoisotopic (exact) mass is 279 g/mol. The van der Waals surface area contributed by atoms with Crippen LogP contribution in [-0.4, -0.2) is 30.6 Å². The molecule has 0 unspecified atom stereocenters. The molecule has 0 saturated carbocycles. The predicted octanol–water partition coefficient (Wildman–Crippen LogP) is 2.73. The lowest BCUT2D eigenvalue weighted by Gasteiger charge is -2.31. The molecule has 0 aliphatic carbocycles. The molecule has 1 saturated heterocycles. The Morgan fingerprint density at radius 3 is 2.75 bits per heavy atom. The highest BCUT2D eigenvalue weighted by molar-refractivity contribution is 5.89.